The van der Waals surface area contributed by atoms with E-state index in [2.05, 4.69) is 10.3 Å². The van der Waals surface area contributed by atoms with E-state index in [0.29, 0.717) is 29.4 Å². The fourth-order valence-electron chi connectivity index (χ4n) is 4.12. The average molecular weight is 506 g/mol. The molecule has 0 aliphatic carbocycles. The number of ketones is 1. The third-order valence-corrected chi connectivity index (χ3v) is 6.08. The van der Waals surface area contributed by atoms with Crippen LogP contribution in [0.25, 0.3) is 10.9 Å². The first kappa shape index (κ1) is 24.8. The zero-order valence-electron chi connectivity index (χ0n) is 20.6. The Morgan fingerprint density at radius 2 is 1.63 bits per heavy atom. The van der Waals surface area contributed by atoms with Crippen molar-refractivity contribution < 1.29 is 19.1 Å². The van der Waals surface area contributed by atoms with Gasteiger partial charge in [0.2, 0.25) is 0 Å². The number of fused-ring (bicyclic) bond motifs is 1. The third kappa shape index (κ3) is 5.91. The molecule has 5 rings (SSSR count). The van der Waals surface area contributed by atoms with Gasteiger partial charge in [0, 0.05) is 34.4 Å². The van der Waals surface area contributed by atoms with Crippen molar-refractivity contribution in [3.63, 3.8) is 0 Å². The Hall–Kier alpha value is -4.88. The van der Waals surface area contributed by atoms with E-state index in [1.165, 1.54) is 0 Å². The molecule has 190 valence electrons. The van der Waals surface area contributed by atoms with Crippen LogP contribution in [-0.2, 0) is 11.3 Å². The summed E-state index contributed by atoms with van der Waals surface area (Å²) in [7, 11) is 0. The van der Waals surface area contributed by atoms with Crippen molar-refractivity contribution in [2.45, 2.75) is 12.6 Å². The number of benzene rings is 4. The lowest BCUT2D eigenvalue weighted by atomic mass is 10.0. The highest BCUT2D eigenvalue weighted by Crippen LogP contribution is 2.29. The van der Waals surface area contributed by atoms with Gasteiger partial charge in [0.15, 0.2) is 5.78 Å². The normalized spacial score (nSPS) is 11.7. The molecule has 0 radical (unpaired) electrons. The number of hydrogen-bond acceptors (Lipinski definition) is 5. The highest BCUT2D eigenvalue weighted by molar-refractivity contribution is 6.07. The number of rotatable bonds is 10. The van der Waals surface area contributed by atoms with Gasteiger partial charge in [-0.15, -0.1) is 0 Å². The molecule has 5 aromatic rings. The largest absolute Gasteiger partial charge is 0.457 e. The Morgan fingerprint density at radius 1 is 0.868 bits per heavy atom. The maximum absolute atomic E-state index is 13.8. The molecular weight excluding hydrogens is 478 g/mol. The zero-order valence-corrected chi connectivity index (χ0v) is 20.6. The second-order valence-electron chi connectivity index (χ2n) is 8.84. The van der Waals surface area contributed by atoms with Crippen LogP contribution in [0.15, 0.2) is 109 Å². The van der Waals surface area contributed by atoms with Crippen LogP contribution < -0.4 is 15.8 Å². The minimum Gasteiger partial charge on any atom is -0.457 e. The summed E-state index contributed by atoms with van der Waals surface area (Å²) in [5, 5.41) is 3.77. The van der Waals surface area contributed by atoms with E-state index in [9.17, 15) is 9.59 Å². The number of Topliss-reactive ketones (excluding diaryl/α,β-unsaturated/α-hetero) is 1. The molecule has 0 aliphatic heterocycles. The van der Waals surface area contributed by atoms with Crippen LogP contribution in [0.4, 0.5) is 5.69 Å². The number of hydrogen-bond donors (Lipinski definition) is 3. The first-order valence-electron chi connectivity index (χ1n) is 12.2. The fourth-order valence-corrected chi connectivity index (χ4v) is 4.12. The van der Waals surface area contributed by atoms with Crippen LogP contribution in [-0.4, -0.2) is 29.3 Å². The molecule has 38 heavy (non-hydrogen) atoms. The van der Waals surface area contributed by atoms with Crippen molar-refractivity contribution in [2.24, 2.45) is 0 Å². The van der Waals surface area contributed by atoms with E-state index < -0.39 is 6.04 Å². The molecule has 4 N–H and O–H groups in total. The van der Waals surface area contributed by atoms with Gasteiger partial charge in [-0.3, -0.25) is 9.59 Å². The highest BCUT2D eigenvalue weighted by atomic mass is 16.5. The van der Waals surface area contributed by atoms with Crippen molar-refractivity contribution in [3.05, 3.63) is 126 Å². The zero-order chi connectivity index (χ0) is 26.3. The smallest absolute Gasteiger partial charge is 0.251 e. The van der Waals surface area contributed by atoms with Gasteiger partial charge < -0.3 is 25.5 Å². The summed E-state index contributed by atoms with van der Waals surface area (Å²) in [5.74, 6) is 0.140. The second-order valence-corrected chi connectivity index (χ2v) is 8.84. The van der Waals surface area contributed by atoms with Gasteiger partial charge in [0.05, 0.1) is 18.8 Å². The van der Waals surface area contributed by atoms with Crippen molar-refractivity contribution in [3.8, 4) is 11.5 Å². The molecular formula is C31H27N3O4. The molecule has 7 heteroatoms. The van der Waals surface area contributed by atoms with Gasteiger partial charge in [0.25, 0.3) is 5.91 Å². The fraction of sp³-hybridized carbons (Fsp3) is 0.0968. The number of carbonyl (C=O) groups excluding carboxylic acids is 2. The third-order valence-electron chi connectivity index (χ3n) is 6.08. The Kier molecular flexibility index (Phi) is 7.47. The monoisotopic (exact) mass is 505 g/mol. The van der Waals surface area contributed by atoms with Crippen molar-refractivity contribution >= 4 is 28.3 Å². The highest BCUT2D eigenvalue weighted by Gasteiger charge is 2.26. The maximum atomic E-state index is 13.8. The van der Waals surface area contributed by atoms with Crippen molar-refractivity contribution in [1.82, 2.24) is 10.3 Å². The van der Waals surface area contributed by atoms with Crippen LogP contribution in [0, 0.1) is 0 Å². The lowest BCUT2D eigenvalue weighted by Crippen LogP contribution is -2.44. The molecule has 4 aromatic carbocycles. The standard InChI is InChI=1S/C31H27N3O4/c32-24-12-13-26(29(18-24)38-25-9-5-2-6-10-25)30(35)28(20-37-19-21-7-3-1-4-8-21)34-31(36)23-11-14-27-22(17-23)15-16-33-27/h1-18,28,33H,19-20,32H2,(H,34,36). The number of nitrogens with one attached hydrogen (secondary N) is 2. The van der Waals surface area contributed by atoms with Gasteiger partial charge in [-0.1, -0.05) is 48.5 Å². The molecule has 0 saturated heterocycles. The molecule has 0 aliphatic rings. The molecule has 0 fully saturated rings. The summed E-state index contributed by atoms with van der Waals surface area (Å²) in [5.41, 5.74) is 9.07. The predicted octanol–water partition coefficient (Wildman–Crippen LogP) is 5.74. The summed E-state index contributed by atoms with van der Waals surface area (Å²) >= 11 is 0. The summed E-state index contributed by atoms with van der Waals surface area (Å²) in [6, 6.07) is 29.9. The number of aromatic nitrogens is 1. The Balaban J connectivity index is 1.40. The van der Waals surface area contributed by atoms with E-state index in [1.807, 2.05) is 66.9 Å². The molecule has 7 nitrogen and oxygen atoms in total. The Bertz CT molecular complexity index is 1550. The quantitative estimate of drug-likeness (QED) is 0.166. The van der Waals surface area contributed by atoms with Crippen molar-refractivity contribution in [2.75, 3.05) is 12.3 Å². The number of H-pyrrole nitrogens is 1. The van der Waals surface area contributed by atoms with Gasteiger partial charge >= 0.3 is 0 Å². The van der Waals surface area contributed by atoms with E-state index in [-0.39, 0.29) is 23.9 Å². The van der Waals surface area contributed by atoms with Gasteiger partial charge in [-0.25, -0.2) is 0 Å². The van der Waals surface area contributed by atoms with E-state index in [4.69, 9.17) is 15.2 Å². The lowest BCUT2D eigenvalue weighted by Gasteiger charge is -2.20. The maximum Gasteiger partial charge on any atom is 0.251 e. The summed E-state index contributed by atoms with van der Waals surface area (Å²) in [6.07, 6.45) is 1.81. The molecule has 1 amide bonds. The molecule has 1 atom stereocenters. The van der Waals surface area contributed by atoms with Crippen LogP contribution in [0.5, 0.6) is 11.5 Å². The van der Waals surface area contributed by atoms with E-state index >= 15 is 0 Å². The number of para-hydroxylation sites is 1. The van der Waals surface area contributed by atoms with Crippen LogP contribution in [0.2, 0.25) is 0 Å². The number of amides is 1. The average Bonchev–Trinajstić information content (AvgIpc) is 3.41. The number of carbonyl (C=O) groups is 2. The number of ether oxygens (including phenoxy) is 2. The minimum atomic E-state index is -0.963. The molecule has 0 spiro atoms. The number of aromatic amines is 1. The van der Waals surface area contributed by atoms with E-state index in [1.54, 1.807) is 42.5 Å². The summed E-state index contributed by atoms with van der Waals surface area (Å²) in [4.78, 5) is 30.2. The van der Waals surface area contributed by atoms with Crippen LogP contribution in [0.3, 0.4) is 0 Å². The summed E-state index contributed by atoms with van der Waals surface area (Å²) < 4.78 is 11.9. The Labute approximate surface area is 220 Å². The molecule has 1 heterocycles. The van der Waals surface area contributed by atoms with Gasteiger partial charge in [0.1, 0.15) is 17.5 Å². The molecule has 0 bridgehead atoms. The predicted molar refractivity (Wildman–Crippen MR) is 147 cm³/mol. The van der Waals surface area contributed by atoms with Gasteiger partial charge in [-0.05, 0) is 54.1 Å². The number of anilines is 1. The second kappa shape index (κ2) is 11.5. The topological polar surface area (TPSA) is 106 Å². The minimum absolute atomic E-state index is 0.0268. The van der Waals surface area contributed by atoms with Gasteiger partial charge in [-0.2, -0.15) is 0 Å². The van der Waals surface area contributed by atoms with E-state index in [0.717, 1.165) is 16.5 Å². The summed E-state index contributed by atoms with van der Waals surface area (Å²) in [6.45, 7) is 0.270. The van der Waals surface area contributed by atoms with Crippen LogP contribution >= 0.6 is 0 Å². The number of nitrogens with two attached hydrogens (primary N) is 1. The van der Waals surface area contributed by atoms with Crippen LogP contribution in [0.1, 0.15) is 26.3 Å². The van der Waals surface area contributed by atoms with Crippen molar-refractivity contribution in [1.29, 1.82) is 0 Å². The first-order valence-corrected chi connectivity index (χ1v) is 12.2. The molecule has 1 aromatic heterocycles. The Morgan fingerprint density at radius 3 is 2.42 bits per heavy atom. The molecule has 1 unspecified atom stereocenters. The molecule has 0 saturated carbocycles. The number of nitrogen functional groups attached to an aromatic ring is 1. The lowest BCUT2D eigenvalue weighted by molar-refractivity contribution is 0.0670. The first-order chi connectivity index (χ1) is 18.6. The SMILES string of the molecule is Nc1ccc(C(=O)C(COCc2ccccc2)NC(=O)c2ccc3[nH]ccc3c2)c(Oc2ccccc2)c1.